The van der Waals surface area contributed by atoms with E-state index in [0.29, 0.717) is 0 Å². The van der Waals surface area contributed by atoms with E-state index in [9.17, 15) is 0 Å². The highest BCUT2D eigenvalue weighted by atomic mass is 32.1. The van der Waals surface area contributed by atoms with Crippen molar-refractivity contribution in [2.75, 3.05) is 31.2 Å². The Hall–Kier alpha value is -1.52. The maximum Gasteiger partial charge on any atom is 0.107 e. The van der Waals surface area contributed by atoms with Gasteiger partial charge in [-0.05, 0) is 23.6 Å². The van der Waals surface area contributed by atoms with E-state index in [4.69, 9.17) is 4.74 Å². The number of hydrogen-bond donors (Lipinski definition) is 1. The summed E-state index contributed by atoms with van der Waals surface area (Å²) in [5.74, 6) is 1.21. The van der Waals surface area contributed by atoms with Gasteiger partial charge in [0.25, 0.3) is 0 Å². The summed E-state index contributed by atoms with van der Waals surface area (Å²) in [6, 6.07) is 8.85. The molecule has 1 aliphatic heterocycles. The van der Waals surface area contributed by atoms with Crippen LogP contribution in [-0.2, 0) is 4.74 Å². The van der Waals surface area contributed by atoms with Gasteiger partial charge in [0, 0.05) is 28.6 Å². The molecular formula is C14H14N2OS. The second-order valence-corrected chi connectivity index (χ2v) is 5.56. The molecule has 3 nitrogen and oxygen atoms in total. The van der Waals surface area contributed by atoms with Gasteiger partial charge in [0.15, 0.2) is 0 Å². The summed E-state index contributed by atoms with van der Waals surface area (Å²) >= 11 is 1.79. The zero-order valence-corrected chi connectivity index (χ0v) is 10.8. The first-order valence-corrected chi connectivity index (χ1v) is 7.11. The first-order chi connectivity index (χ1) is 8.92. The third-order valence-corrected chi connectivity index (χ3v) is 4.45. The molecule has 92 valence electrons. The minimum atomic E-state index is 0.823. The van der Waals surface area contributed by atoms with Crippen LogP contribution in [0, 0.1) is 0 Å². The van der Waals surface area contributed by atoms with Gasteiger partial charge in [0.1, 0.15) is 5.82 Å². The van der Waals surface area contributed by atoms with Gasteiger partial charge in [-0.25, -0.2) is 0 Å². The van der Waals surface area contributed by atoms with Crippen LogP contribution in [-0.4, -0.2) is 31.3 Å². The predicted octanol–water partition coefficient (Wildman–Crippen LogP) is 3.22. The van der Waals surface area contributed by atoms with Crippen molar-refractivity contribution in [1.82, 2.24) is 4.98 Å². The van der Waals surface area contributed by atoms with Crippen molar-refractivity contribution in [2.24, 2.45) is 0 Å². The van der Waals surface area contributed by atoms with Gasteiger partial charge in [-0.1, -0.05) is 6.07 Å². The number of nitrogens with one attached hydrogen (secondary N) is 1. The minimum Gasteiger partial charge on any atom is -0.378 e. The molecule has 3 aromatic rings. The number of ether oxygens (including phenoxy) is 1. The van der Waals surface area contributed by atoms with Crippen LogP contribution in [0.25, 0.3) is 21.0 Å². The molecule has 2 aromatic heterocycles. The largest absolute Gasteiger partial charge is 0.378 e. The Morgan fingerprint density at radius 1 is 1.17 bits per heavy atom. The van der Waals surface area contributed by atoms with Crippen LogP contribution < -0.4 is 4.90 Å². The van der Waals surface area contributed by atoms with E-state index in [2.05, 4.69) is 39.5 Å². The monoisotopic (exact) mass is 258 g/mol. The van der Waals surface area contributed by atoms with Gasteiger partial charge in [-0.3, -0.25) is 0 Å². The molecule has 4 rings (SSSR count). The highest BCUT2D eigenvalue weighted by Gasteiger charge is 2.14. The van der Waals surface area contributed by atoms with E-state index in [1.54, 1.807) is 11.3 Å². The van der Waals surface area contributed by atoms with Crippen molar-refractivity contribution in [3.8, 4) is 0 Å². The lowest BCUT2D eigenvalue weighted by Gasteiger charge is -2.27. The predicted molar refractivity (Wildman–Crippen MR) is 76.7 cm³/mol. The van der Waals surface area contributed by atoms with Crippen molar-refractivity contribution < 1.29 is 4.74 Å². The summed E-state index contributed by atoms with van der Waals surface area (Å²) < 4.78 is 6.74. The SMILES string of the molecule is c1cc2c(ccc3cc(N4CCOCC4)[nH]c32)s1. The average molecular weight is 258 g/mol. The molecule has 18 heavy (non-hydrogen) atoms. The molecular weight excluding hydrogens is 244 g/mol. The van der Waals surface area contributed by atoms with Crippen LogP contribution in [0.15, 0.2) is 29.6 Å². The molecule has 0 atom stereocenters. The van der Waals surface area contributed by atoms with Gasteiger partial charge < -0.3 is 14.6 Å². The number of thiophene rings is 1. The van der Waals surface area contributed by atoms with E-state index in [-0.39, 0.29) is 0 Å². The summed E-state index contributed by atoms with van der Waals surface area (Å²) in [6.07, 6.45) is 0. The second-order valence-electron chi connectivity index (χ2n) is 4.62. The topological polar surface area (TPSA) is 28.3 Å². The van der Waals surface area contributed by atoms with Crippen LogP contribution in [0.5, 0.6) is 0 Å². The van der Waals surface area contributed by atoms with Crippen LogP contribution in [0.4, 0.5) is 5.82 Å². The molecule has 0 aliphatic carbocycles. The highest BCUT2D eigenvalue weighted by Crippen LogP contribution is 2.31. The number of aromatic nitrogens is 1. The Labute approximate surface area is 109 Å². The number of nitrogens with zero attached hydrogens (tertiary/aromatic N) is 1. The van der Waals surface area contributed by atoms with Crippen LogP contribution in [0.1, 0.15) is 0 Å². The minimum absolute atomic E-state index is 0.823. The number of morpholine rings is 1. The fourth-order valence-corrected chi connectivity index (χ4v) is 3.40. The summed E-state index contributed by atoms with van der Waals surface area (Å²) in [7, 11) is 0. The van der Waals surface area contributed by atoms with E-state index >= 15 is 0 Å². The van der Waals surface area contributed by atoms with Gasteiger partial charge in [0.05, 0.1) is 18.7 Å². The molecule has 3 heterocycles. The maximum absolute atomic E-state index is 5.40. The Morgan fingerprint density at radius 3 is 2.94 bits per heavy atom. The smallest absolute Gasteiger partial charge is 0.107 e. The molecule has 0 amide bonds. The fourth-order valence-electron chi connectivity index (χ4n) is 2.61. The Balaban J connectivity index is 1.87. The molecule has 4 heteroatoms. The van der Waals surface area contributed by atoms with Crippen molar-refractivity contribution in [2.45, 2.75) is 0 Å². The van der Waals surface area contributed by atoms with Crippen LogP contribution in [0.2, 0.25) is 0 Å². The number of benzene rings is 1. The summed E-state index contributed by atoms with van der Waals surface area (Å²) in [5.41, 5.74) is 1.26. The first kappa shape index (κ1) is 10.4. The zero-order valence-electron chi connectivity index (χ0n) is 9.98. The van der Waals surface area contributed by atoms with Crippen molar-refractivity contribution in [1.29, 1.82) is 0 Å². The molecule has 1 aromatic carbocycles. The lowest BCUT2D eigenvalue weighted by molar-refractivity contribution is 0.122. The van der Waals surface area contributed by atoms with Crippen LogP contribution >= 0.6 is 11.3 Å². The molecule has 0 unspecified atom stereocenters. The van der Waals surface area contributed by atoms with Crippen molar-refractivity contribution >= 4 is 38.1 Å². The third kappa shape index (κ3) is 1.53. The number of H-pyrrole nitrogens is 1. The molecule has 1 N–H and O–H groups in total. The van der Waals surface area contributed by atoms with E-state index in [0.717, 1.165) is 26.3 Å². The van der Waals surface area contributed by atoms with Crippen LogP contribution in [0.3, 0.4) is 0 Å². The number of aromatic amines is 1. The van der Waals surface area contributed by atoms with Gasteiger partial charge in [-0.2, -0.15) is 0 Å². The summed E-state index contributed by atoms with van der Waals surface area (Å²) in [4.78, 5) is 5.93. The standard InChI is InChI=1S/C14H14N2OS/c1-2-12-11(3-8-18-12)14-10(1)9-13(15-14)16-4-6-17-7-5-16/h1-3,8-9,15H,4-7H2. The number of rotatable bonds is 1. The lowest BCUT2D eigenvalue weighted by atomic mass is 10.2. The normalized spacial score (nSPS) is 16.8. The molecule has 0 bridgehead atoms. The Kier molecular flexibility index (Phi) is 2.31. The van der Waals surface area contributed by atoms with Crippen molar-refractivity contribution in [3.63, 3.8) is 0 Å². The zero-order chi connectivity index (χ0) is 11.9. The molecule has 0 spiro atoms. The maximum atomic E-state index is 5.40. The fraction of sp³-hybridized carbons (Fsp3) is 0.286. The lowest BCUT2D eigenvalue weighted by Crippen LogP contribution is -2.36. The van der Waals surface area contributed by atoms with E-state index < -0.39 is 0 Å². The summed E-state index contributed by atoms with van der Waals surface area (Å²) in [6.45, 7) is 3.59. The van der Waals surface area contributed by atoms with Crippen molar-refractivity contribution in [3.05, 3.63) is 29.6 Å². The quantitative estimate of drug-likeness (QED) is 0.726. The average Bonchev–Trinajstić information content (AvgIpc) is 3.05. The molecule has 1 saturated heterocycles. The van der Waals surface area contributed by atoms with E-state index in [1.165, 1.54) is 26.8 Å². The van der Waals surface area contributed by atoms with Gasteiger partial charge in [0.2, 0.25) is 0 Å². The van der Waals surface area contributed by atoms with Gasteiger partial charge in [-0.15, -0.1) is 11.3 Å². The Bertz CT molecular complexity index is 694. The molecule has 1 fully saturated rings. The molecule has 0 saturated carbocycles. The number of hydrogen-bond acceptors (Lipinski definition) is 3. The number of fused-ring (bicyclic) bond motifs is 3. The number of anilines is 1. The molecule has 1 aliphatic rings. The highest BCUT2D eigenvalue weighted by molar-refractivity contribution is 7.17. The third-order valence-electron chi connectivity index (χ3n) is 3.56. The first-order valence-electron chi connectivity index (χ1n) is 6.23. The summed E-state index contributed by atoms with van der Waals surface area (Å²) in [5, 5.41) is 4.78. The van der Waals surface area contributed by atoms with E-state index in [1.807, 2.05) is 0 Å². The molecule has 0 radical (unpaired) electrons. The van der Waals surface area contributed by atoms with Gasteiger partial charge >= 0.3 is 0 Å². The Morgan fingerprint density at radius 2 is 2.06 bits per heavy atom. The second kappa shape index (κ2) is 4.00.